The molecule has 8 nitrogen and oxygen atoms in total. The molecule has 0 saturated carbocycles. The third-order valence-corrected chi connectivity index (χ3v) is 5.64. The largest absolute Gasteiger partial charge is 0.489 e. The van der Waals surface area contributed by atoms with Crippen LogP contribution in [0.5, 0.6) is 5.75 Å². The van der Waals surface area contributed by atoms with Gasteiger partial charge in [-0.3, -0.25) is 14.4 Å². The predicted octanol–water partition coefficient (Wildman–Crippen LogP) is 2.53. The lowest BCUT2D eigenvalue weighted by molar-refractivity contribution is -0.141. The van der Waals surface area contributed by atoms with E-state index in [1.165, 1.54) is 17.6 Å². The standard InChI is InChI=1S/C25H31N3O5/c1-16(2)27-13-17-7-9-18(10-8-17)15-33-22-6-4-5-19-20(22)14-28(25(19)31)21(24(26)30)11-12-23(29)32-3/h4-10,16,21,27H,11-15H2,1-3H3,(H2,26,30). The maximum Gasteiger partial charge on any atom is 0.305 e. The third kappa shape index (κ3) is 6.10. The number of carbonyl (C=O) groups excluding carboxylic acids is 3. The number of nitrogens with zero attached hydrogens (tertiary/aromatic N) is 1. The summed E-state index contributed by atoms with van der Waals surface area (Å²) in [7, 11) is 1.28. The van der Waals surface area contributed by atoms with Crippen LogP contribution in [0.4, 0.5) is 0 Å². The molecule has 2 aromatic rings. The minimum atomic E-state index is -0.899. The van der Waals surface area contributed by atoms with Gasteiger partial charge in [-0.1, -0.05) is 44.2 Å². The number of benzene rings is 2. The zero-order valence-corrected chi connectivity index (χ0v) is 19.3. The minimum absolute atomic E-state index is 0.00370. The molecule has 3 N–H and O–H groups in total. The molecule has 1 aliphatic heterocycles. The van der Waals surface area contributed by atoms with E-state index in [0.29, 0.717) is 29.5 Å². The van der Waals surface area contributed by atoms with E-state index in [2.05, 4.69) is 36.0 Å². The highest BCUT2D eigenvalue weighted by Gasteiger charge is 2.37. The van der Waals surface area contributed by atoms with Gasteiger partial charge in [0.2, 0.25) is 5.91 Å². The number of methoxy groups -OCH3 is 1. The summed E-state index contributed by atoms with van der Waals surface area (Å²) < 4.78 is 10.7. The number of nitrogens with one attached hydrogen (secondary N) is 1. The molecule has 0 fully saturated rings. The van der Waals surface area contributed by atoms with E-state index < -0.39 is 17.9 Å². The molecule has 33 heavy (non-hydrogen) atoms. The number of carbonyl (C=O) groups is 3. The van der Waals surface area contributed by atoms with Gasteiger partial charge >= 0.3 is 5.97 Å². The Labute approximate surface area is 194 Å². The third-order valence-electron chi connectivity index (χ3n) is 5.64. The molecule has 1 heterocycles. The average Bonchev–Trinajstić information content (AvgIpc) is 3.13. The van der Waals surface area contributed by atoms with Crippen LogP contribution in [-0.2, 0) is 34.0 Å². The fourth-order valence-electron chi connectivity index (χ4n) is 3.76. The van der Waals surface area contributed by atoms with Gasteiger partial charge in [-0.05, 0) is 29.7 Å². The Morgan fingerprint density at radius 2 is 1.82 bits per heavy atom. The Hall–Kier alpha value is -3.39. The fraction of sp³-hybridized carbons (Fsp3) is 0.400. The SMILES string of the molecule is COC(=O)CCC(C(N)=O)N1Cc2c(OCc3ccc(CNC(C)C)cc3)cccc2C1=O. The lowest BCUT2D eigenvalue weighted by atomic mass is 10.1. The van der Waals surface area contributed by atoms with Gasteiger partial charge in [0.05, 0.1) is 13.7 Å². The van der Waals surface area contributed by atoms with Crippen molar-refractivity contribution in [3.8, 4) is 5.75 Å². The van der Waals surface area contributed by atoms with Crippen LogP contribution in [0.25, 0.3) is 0 Å². The van der Waals surface area contributed by atoms with Crippen molar-refractivity contribution in [2.45, 2.75) is 58.5 Å². The highest BCUT2D eigenvalue weighted by atomic mass is 16.5. The number of rotatable bonds is 11. The second-order valence-corrected chi connectivity index (χ2v) is 8.39. The van der Waals surface area contributed by atoms with Crippen LogP contribution in [0.2, 0.25) is 0 Å². The summed E-state index contributed by atoms with van der Waals surface area (Å²) in [5.41, 5.74) is 8.94. The number of ether oxygens (including phenoxy) is 2. The molecule has 0 radical (unpaired) electrons. The normalized spacial score (nSPS) is 13.7. The molecule has 8 heteroatoms. The maximum atomic E-state index is 13.0. The first kappa shape index (κ1) is 24.3. The van der Waals surface area contributed by atoms with Crippen LogP contribution in [0.1, 0.15) is 53.7 Å². The summed E-state index contributed by atoms with van der Waals surface area (Å²) in [4.78, 5) is 37.9. The van der Waals surface area contributed by atoms with Gasteiger partial charge in [0.1, 0.15) is 18.4 Å². The van der Waals surface area contributed by atoms with Crippen molar-refractivity contribution in [1.82, 2.24) is 10.2 Å². The van der Waals surface area contributed by atoms with Gasteiger partial charge in [0, 0.05) is 30.1 Å². The Kier molecular flexibility index (Phi) is 8.06. The number of fused-ring (bicyclic) bond motifs is 1. The van der Waals surface area contributed by atoms with Crippen molar-refractivity contribution in [2.24, 2.45) is 5.73 Å². The first-order chi connectivity index (χ1) is 15.8. The van der Waals surface area contributed by atoms with E-state index in [0.717, 1.165) is 12.1 Å². The van der Waals surface area contributed by atoms with Gasteiger partial charge in [0.25, 0.3) is 5.91 Å². The second-order valence-electron chi connectivity index (χ2n) is 8.39. The first-order valence-electron chi connectivity index (χ1n) is 11.0. The van der Waals surface area contributed by atoms with Gasteiger partial charge in [-0.15, -0.1) is 0 Å². The van der Waals surface area contributed by atoms with Crippen LogP contribution in [0, 0.1) is 0 Å². The highest BCUT2D eigenvalue weighted by Crippen LogP contribution is 2.33. The maximum absolute atomic E-state index is 13.0. The zero-order valence-electron chi connectivity index (χ0n) is 19.3. The second kappa shape index (κ2) is 11.0. The van der Waals surface area contributed by atoms with E-state index in [9.17, 15) is 14.4 Å². The summed E-state index contributed by atoms with van der Waals surface area (Å²) >= 11 is 0. The lowest BCUT2D eigenvalue weighted by Crippen LogP contribution is -2.45. The number of hydrogen-bond acceptors (Lipinski definition) is 6. The number of amides is 2. The van der Waals surface area contributed by atoms with Crippen molar-refractivity contribution in [1.29, 1.82) is 0 Å². The fourth-order valence-corrected chi connectivity index (χ4v) is 3.76. The Bertz CT molecular complexity index is 1000. The van der Waals surface area contributed by atoms with Crippen molar-refractivity contribution in [2.75, 3.05) is 7.11 Å². The molecule has 0 spiro atoms. The molecular weight excluding hydrogens is 422 g/mol. The van der Waals surface area contributed by atoms with Crippen LogP contribution >= 0.6 is 0 Å². The monoisotopic (exact) mass is 453 g/mol. The van der Waals surface area contributed by atoms with Gasteiger partial charge in [-0.25, -0.2) is 0 Å². The van der Waals surface area contributed by atoms with Gasteiger partial charge in [-0.2, -0.15) is 0 Å². The quantitative estimate of drug-likeness (QED) is 0.506. The molecule has 0 aromatic heterocycles. The van der Waals surface area contributed by atoms with Crippen LogP contribution in [0.15, 0.2) is 42.5 Å². The van der Waals surface area contributed by atoms with E-state index >= 15 is 0 Å². The van der Waals surface area contributed by atoms with Gasteiger partial charge < -0.3 is 25.4 Å². The van der Waals surface area contributed by atoms with E-state index in [1.807, 2.05) is 18.2 Å². The van der Waals surface area contributed by atoms with Crippen LogP contribution in [0.3, 0.4) is 0 Å². The smallest absolute Gasteiger partial charge is 0.305 e. The minimum Gasteiger partial charge on any atom is -0.489 e. The molecule has 1 aliphatic rings. The highest BCUT2D eigenvalue weighted by molar-refractivity contribution is 6.01. The number of nitrogens with two attached hydrogens (primary N) is 1. The van der Waals surface area contributed by atoms with Crippen LogP contribution in [-0.4, -0.2) is 41.9 Å². The predicted molar refractivity (Wildman–Crippen MR) is 123 cm³/mol. The van der Waals surface area contributed by atoms with E-state index in [-0.39, 0.29) is 25.3 Å². The number of hydrogen-bond donors (Lipinski definition) is 2. The van der Waals surface area contributed by atoms with E-state index in [4.69, 9.17) is 10.5 Å². The number of esters is 1. The van der Waals surface area contributed by atoms with Crippen molar-refractivity contribution in [3.05, 3.63) is 64.7 Å². The Morgan fingerprint density at radius 1 is 1.12 bits per heavy atom. The average molecular weight is 454 g/mol. The Morgan fingerprint density at radius 3 is 2.45 bits per heavy atom. The molecule has 2 aromatic carbocycles. The first-order valence-corrected chi connectivity index (χ1v) is 11.0. The lowest BCUT2D eigenvalue weighted by Gasteiger charge is -2.24. The van der Waals surface area contributed by atoms with Crippen molar-refractivity contribution in [3.63, 3.8) is 0 Å². The molecule has 0 saturated heterocycles. The van der Waals surface area contributed by atoms with Gasteiger partial charge in [0.15, 0.2) is 0 Å². The Balaban J connectivity index is 1.68. The molecule has 0 aliphatic carbocycles. The summed E-state index contributed by atoms with van der Waals surface area (Å²) in [6.45, 7) is 5.57. The summed E-state index contributed by atoms with van der Waals surface area (Å²) in [6, 6.07) is 13.0. The molecular formula is C25H31N3O5. The molecule has 3 rings (SSSR count). The molecule has 0 bridgehead atoms. The molecule has 1 atom stereocenters. The van der Waals surface area contributed by atoms with Crippen LogP contribution < -0.4 is 15.8 Å². The summed E-state index contributed by atoms with van der Waals surface area (Å²) in [5, 5.41) is 3.38. The van der Waals surface area contributed by atoms with E-state index in [1.54, 1.807) is 12.1 Å². The van der Waals surface area contributed by atoms with Crippen molar-refractivity contribution < 1.29 is 23.9 Å². The molecule has 2 amide bonds. The topological polar surface area (TPSA) is 111 Å². The zero-order chi connectivity index (χ0) is 24.0. The number of primary amides is 1. The molecule has 176 valence electrons. The summed E-state index contributed by atoms with van der Waals surface area (Å²) in [5.74, 6) is -0.828. The molecule has 1 unspecified atom stereocenters. The van der Waals surface area contributed by atoms with Crippen molar-refractivity contribution >= 4 is 17.8 Å². The summed E-state index contributed by atoms with van der Waals surface area (Å²) in [6.07, 6.45) is 0.103.